The van der Waals surface area contributed by atoms with Crippen molar-refractivity contribution < 1.29 is 23.1 Å². The zero-order valence-electron chi connectivity index (χ0n) is 18.8. The molecule has 0 spiro atoms. The summed E-state index contributed by atoms with van der Waals surface area (Å²) in [6, 6.07) is 12.3. The minimum atomic E-state index is -4.55. The van der Waals surface area contributed by atoms with Gasteiger partial charge in [-0.25, -0.2) is 0 Å². The molecule has 10 N–H and O–H groups in total. The third-order valence-electron chi connectivity index (χ3n) is 5.19. The summed E-state index contributed by atoms with van der Waals surface area (Å²) in [5.41, 5.74) is 19.4. The van der Waals surface area contributed by atoms with Crippen LogP contribution in [0.15, 0.2) is 48.5 Å². The fourth-order valence-electron chi connectivity index (χ4n) is 3.55. The molecular formula is C24H24ClF3N6O2. The maximum Gasteiger partial charge on any atom is 0.405 e. The van der Waals surface area contributed by atoms with Gasteiger partial charge in [-0.2, -0.15) is 13.2 Å². The van der Waals surface area contributed by atoms with Crippen LogP contribution in [0, 0.1) is 5.41 Å². The van der Waals surface area contributed by atoms with Crippen molar-refractivity contribution in [1.29, 1.82) is 5.41 Å². The van der Waals surface area contributed by atoms with E-state index in [1.54, 1.807) is 24.3 Å². The van der Waals surface area contributed by atoms with Crippen molar-refractivity contribution in [2.45, 2.75) is 19.1 Å². The Morgan fingerprint density at radius 3 is 2.22 bits per heavy atom. The van der Waals surface area contributed by atoms with Crippen LogP contribution in [-0.2, 0) is 17.8 Å². The van der Waals surface area contributed by atoms with Crippen molar-refractivity contribution in [2.75, 3.05) is 23.3 Å². The summed E-state index contributed by atoms with van der Waals surface area (Å²) >= 11 is 6.42. The number of halogens is 4. The minimum Gasteiger partial charge on any atom is -0.505 e. The number of phenols is 1. The van der Waals surface area contributed by atoms with Gasteiger partial charge in [-0.1, -0.05) is 35.9 Å². The molecule has 0 aliphatic rings. The van der Waals surface area contributed by atoms with E-state index in [1.165, 1.54) is 18.2 Å². The second-order valence-electron chi connectivity index (χ2n) is 8.03. The van der Waals surface area contributed by atoms with Gasteiger partial charge in [0.2, 0.25) is 5.91 Å². The monoisotopic (exact) mass is 520 g/mol. The van der Waals surface area contributed by atoms with Crippen molar-refractivity contribution in [3.63, 3.8) is 0 Å². The topological polar surface area (TPSA) is 163 Å². The molecule has 3 rings (SSSR count). The van der Waals surface area contributed by atoms with Crippen LogP contribution in [0.4, 0.5) is 30.2 Å². The fraction of sp³-hybridized carbons (Fsp3) is 0.167. The number of alkyl halides is 3. The van der Waals surface area contributed by atoms with Crippen LogP contribution in [0.25, 0.3) is 11.1 Å². The predicted molar refractivity (Wildman–Crippen MR) is 135 cm³/mol. The summed E-state index contributed by atoms with van der Waals surface area (Å²) in [5.74, 6) is -1.17. The quantitative estimate of drug-likeness (QED) is 0.103. The van der Waals surface area contributed by atoms with Crippen LogP contribution in [0.2, 0.25) is 5.02 Å². The largest absolute Gasteiger partial charge is 0.505 e. The molecule has 1 amide bonds. The molecule has 0 aromatic heterocycles. The third kappa shape index (κ3) is 6.72. The van der Waals surface area contributed by atoms with Crippen LogP contribution in [-0.4, -0.2) is 29.6 Å². The summed E-state index contributed by atoms with van der Waals surface area (Å²) < 4.78 is 38.3. The normalized spacial score (nSPS) is 11.2. The van der Waals surface area contributed by atoms with Gasteiger partial charge >= 0.3 is 6.18 Å². The number of aromatic hydroxyl groups is 1. The van der Waals surface area contributed by atoms with Crippen molar-refractivity contribution in [1.82, 2.24) is 5.32 Å². The molecule has 3 aromatic carbocycles. The van der Waals surface area contributed by atoms with E-state index < -0.39 is 30.8 Å². The lowest BCUT2D eigenvalue weighted by Crippen LogP contribution is -2.25. The lowest BCUT2D eigenvalue weighted by atomic mass is 9.94. The van der Waals surface area contributed by atoms with Gasteiger partial charge in [0.15, 0.2) is 0 Å². The second kappa shape index (κ2) is 10.6. The number of rotatable bonds is 8. The number of amides is 1. The number of nitrogen functional groups attached to an aromatic ring is 3. The Bertz CT molecular complexity index is 1280. The first kappa shape index (κ1) is 26.5. The average Bonchev–Trinajstić information content (AvgIpc) is 2.78. The molecule has 0 atom stereocenters. The van der Waals surface area contributed by atoms with E-state index in [-0.39, 0.29) is 34.2 Å². The Morgan fingerprint density at radius 2 is 1.67 bits per heavy atom. The Kier molecular flexibility index (Phi) is 7.83. The summed E-state index contributed by atoms with van der Waals surface area (Å²) in [4.78, 5) is 12.8. The first-order valence-electron chi connectivity index (χ1n) is 10.6. The standard InChI is InChI=1S/C24H24ClF3N6O2/c25-18-9-19(34-11-24(26,27)28)22(36)17(21(18)14-5-15(29)7-16(30)6-14)8-20(35)33-10-12-1-3-13(4-2-12)23(31)32/h1-7,9,34,36H,8,10-11,29-30H2,(H3,31,32)(H,33,35). The predicted octanol–water partition coefficient (Wildman–Crippen LogP) is 3.99. The first-order chi connectivity index (χ1) is 16.8. The maximum atomic E-state index is 12.8. The van der Waals surface area contributed by atoms with E-state index in [2.05, 4.69) is 10.6 Å². The fourth-order valence-corrected chi connectivity index (χ4v) is 3.89. The highest BCUT2D eigenvalue weighted by molar-refractivity contribution is 6.34. The summed E-state index contributed by atoms with van der Waals surface area (Å²) in [7, 11) is 0. The van der Waals surface area contributed by atoms with E-state index in [0.717, 1.165) is 11.6 Å². The van der Waals surface area contributed by atoms with Gasteiger partial charge in [-0.05, 0) is 35.4 Å². The molecule has 190 valence electrons. The number of nitrogens with two attached hydrogens (primary N) is 3. The van der Waals surface area contributed by atoms with Crippen molar-refractivity contribution in [2.24, 2.45) is 5.73 Å². The van der Waals surface area contributed by atoms with Crippen molar-refractivity contribution >= 4 is 40.4 Å². The minimum absolute atomic E-state index is 0.00148. The zero-order valence-corrected chi connectivity index (χ0v) is 19.6. The molecule has 0 heterocycles. The molecule has 0 aliphatic heterocycles. The smallest absolute Gasteiger partial charge is 0.405 e. The molecule has 0 unspecified atom stereocenters. The van der Waals surface area contributed by atoms with Crippen molar-refractivity contribution in [3.05, 3.63) is 70.2 Å². The van der Waals surface area contributed by atoms with Gasteiger partial charge in [-0.15, -0.1) is 0 Å². The van der Waals surface area contributed by atoms with E-state index in [9.17, 15) is 23.1 Å². The summed E-state index contributed by atoms with van der Waals surface area (Å²) in [5, 5.41) is 23.1. The van der Waals surface area contributed by atoms with Gasteiger partial charge in [0.05, 0.1) is 17.1 Å². The SMILES string of the molecule is N=C(N)c1ccc(CNC(=O)Cc2c(O)c(NCC(F)(F)F)cc(Cl)c2-c2cc(N)cc(N)c2)cc1. The molecular weight excluding hydrogens is 497 g/mol. The second-order valence-corrected chi connectivity index (χ2v) is 8.44. The molecule has 8 nitrogen and oxygen atoms in total. The first-order valence-corrected chi connectivity index (χ1v) is 10.9. The highest BCUT2D eigenvalue weighted by atomic mass is 35.5. The van der Waals surface area contributed by atoms with E-state index in [1.807, 2.05) is 0 Å². The molecule has 3 aromatic rings. The van der Waals surface area contributed by atoms with Gasteiger partial charge in [0.25, 0.3) is 0 Å². The number of hydrogen-bond donors (Lipinski definition) is 7. The lowest BCUT2D eigenvalue weighted by Gasteiger charge is -2.19. The maximum absolute atomic E-state index is 12.8. The number of phenolic OH excluding ortho intramolecular Hbond substituents is 1. The van der Waals surface area contributed by atoms with Crippen molar-refractivity contribution in [3.8, 4) is 16.9 Å². The number of anilines is 3. The highest BCUT2D eigenvalue weighted by Crippen LogP contribution is 2.43. The molecule has 36 heavy (non-hydrogen) atoms. The summed E-state index contributed by atoms with van der Waals surface area (Å²) in [6.07, 6.45) is -4.95. The van der Waals surface area contributed by atoms with Gasteiger partial charge < -0.3 is 32.9 Å². The Labute approximate surface area is 209 Å². The average molecular weight is 521 g/mol. The highest BCUT2D eigenvalue weighted by Gasteiger charge is 2.28. The van der Waals surface area contributed by atoms with Crippen LogP contribution < -0.4 is 27.8 Å². The third-order valence-corrected chi connectivity index (χ3v) is 5.49. The molecule has 12 heteroatoms. The number of benzene rings is 3. The van der Waals surface area contributed by atoms with E-state index in [4.69, 9.17) is 34.2 Å². The van der Waals surface area contributed by atoms with Crippen LogP contribution in [0.1, 0.15) is 16.7 Å². The molecule has 0 bridgehead atoms. The van der Waals surface area contributed by atoms with Gasteiger partial charge in [0.1, 0.15) is 18.1 Å². The Hall–Kier alpha value is -4.12. The Balaban J connectivity index is 1.93. The molecule has 0 radical (unpaired) electrons. The lowest BCUT2D eigenvalue weighted by molar-refractivity contribution is -0.120. The van der Waals surface area contributed by atoms with Crippen LogP contribution >= 0.6 is 11.6 Å². The molecule has 0 fully saturated rings. The number of carbonyl (C=O) groups is 1. The number of amidine groups is 1. The van der Waals surface area contributed by atoms with Crippen LogP contribution in [0.3, 0.4) is 0 Å². The van der Waals surface area contributed by atoms with E-state index in [0.29, 0.717) is 22.5 Å². The Morgan fingerprint density at radius 1 is 1.06 bits per heavy atom. The van der Waals surface area contributed by atoms with Gasteiger partial charge in [-0.3, -0.25) is 10.2 Å². The number of carbonyl (C=O) groups excluding carboxylic acids is 1. The molecule has 0 aliphatic carbocycles. The zero-order chi connectivity index (χ0) is 26.6. The number of nitrogens with one attached hydrogen (secondary N) is 3. The molecule has 0 saturated heterocycles. The summed E-state index contributed by atoms with van der Waals surface area (Å²) in [6.45, 7) is -1.29. The molecule has 0 saturated carbocycles. The number of hydrogen-bond acceptors (Lipinski definition) is 6. The van der Waals surface area contributed by atoms with E-state index >= 15 is 0 Å². The van der Waals surface area contributed by atoms with Crippen LogP contribution in [0.5, 0.6) is 5.75 Å². The van der Waals surface area contributed by atoms with Gasteiger partial charge in [0, 0.05) is 34.6 Å².